The molecule has 2 atom stereocenters. The van der Waals surface area contributed by atoms with Crippen LogP contribution in [0.25, 0.3) is 0 Å². The second kappa shape index (κ2) is 3.28. The Bertz CT molecular complexity index is 307. The number of carbonyl (C=O) groups is 1. The van der Waals surface area contributed by atoms with Gasteiger partial charge in [-0.15, -0.1) is 0 Å². The van der Waals surface area contributed by atoms with Gasteiger partial charge in [0.1, 0.15) is 12.2 Å². The maximum atomic E-state index is 11.5. The van der Waals surface area contributed by atoms with Crippen LogP contribution in [0.1, 0.15) is 10.4 Å². The SMILES string of the molecule is O=C(c1ccccc1)[C@@H]1O[C@@H]1CO. The Morgan fingerprint density at radius 3 is 2.62 bits per heavy atom. The zero-order valence-corrected chi connectivity index (χ0v) is 7.01. The lowest BCUT2D eigenvalue weighted by atomic mass is 10.1. The Morgan fingerprint density at radius 1 is 1.38 bits per heavy atom. The van der Waals surface area contributed by atoms with Crippen molar-refractivity contribution in [3.63, 3.8) is 0 Å². The molecule has 1 fully saturated rings. The molecule has 0 aromatic heterocycles. The minimum atomic E-state index is -0.424. The molecule has 0 radical (unpaired) electrons. The fraction of sp³-hybridized carbons (Fsp3) is 0.300. The number of ketones is 1. The Balaban J connectivity index is 2.07. The average molecular weight is 178 g/mol. The third-order valence-electron chi connectivity index (χ3n) is 2.08. The van der Waals surface area contributed by atoms with Crippen molar-refractivity contribution < 1.29 is 14.6 Å². The lowest BCUT2D eigenvalue weighted by Crippen LogP contribution is -2.11. The molecule has 0 saturated carbocycles. The van der Waals surface area contributed by atoms with Gasteiger partial charge in [0.2, 0.25) is 0 Å². The van der Waals surface area contributed by atoms with Crippen molar-refractivity contribution in [3.8, 4) is 0 Å². The molecule has 2 rings (SSSR count). The summed E-state index contributed by atoms with van der Waals surface area (Å²) in [7, 11) is 0. The first-order valence-corrected chi connectivity index (χ1v) is 4.18. The van der Waals surface area contributed by atoms with E-state index in [4.69, 9.17) is 9.84 Å². The van der Waals surface area contributed by atoms with Gasteiger partial charge in [0.15, 0.2) is 5.78 Å². The molecular formula is C10H10O3. The van der Waals surface area contributed by atoms with E-state index in [-0.39, 0.29) is 18.5 Å². The fourth-order valence-electron chi connectivity index (χ4n) is 1.28. The second-order valence-electron chi connectivity index (χ2n) is 3.01. The van der Waals surface area contributed by atoms with Crippen LogP contribution in [0.5, 0.6) is 0 Å². The van der Waals surface area contributed by atoms with E-state index in [1.807, 2.05) is 18.2 Å². The molecule has 1 aliphatic heterocycles. The van der Waals surface area contributed by atoms with Crippen LogP contribution in [0.15, 0.2) is 30.3 Å². The molecule has 3 nitrogen and oxygen atoms in total. The summed E-state index contributed by atoms with van der Waals surface area (Å²) in [5.74, 6) is -0.0420. The molecule has 0 bridgehead atoms. The molecule has 1 aromatic rings. The van der Waals surface area contributed by atoms with Crippen LogP contribution in [-0.2, 0) is 4.74 Å². The minimum Gasteiger partial charge on any atom is -0.394 e. The largest absolute Gasteiger partial charge is 0.394 e. The zero-order valence-electron chi connectivity index (χ0n) is 7.01. The van der Waals surface area contributed by atoms with Gasteiger partial charge in [-0.1, -0.05) is 30.3 Å². The zero-order chi connectivity index (χ0) is 9.26. The highest BCUT2D eigenvalue weighted by molar-refractivity contribution is 6.01. The van der Waals surface area contributed by atoms with Crippen LogP contribution in [0.2, 0.25) is 0 Å². The molecule has 1 heterocycles. The van der Waals surface area contributed by atoms with Gasteiger partial charge in [0.25, 0.3) is 0 Å². The highest BCUT2D eigenvalue weighted by Crippen LogP contribution is 2.25. The predicted molar refractivity (Wildman–Crippen MR) is 46.5 cm³/mol. The Morgan fingerprint density at radius 2 is 2.08 bits per heavy atom. The van der Waals surface area contributed by atoms with E-state index in [2.05, 4.69) is 0 Å². The van der Waals surface area contributed by atoms with Gasteiger partial charge in [-0.2, -0.15) is 0 Å². The van der Waals surface area contributed by atoms with Crippen LogP contribution in [0, 0.1) is 0 Å². The van der Waals surface area contributed by atoms with Gasteiger partial charge >= 0.3 is 0 Å². The summed E-state index contributed by atoms with van der Waals surface area (Å²) >= 11 is 0. The summed E-state index contributed by atoms with van der Waals surface area (Å²) in [5.41, 5.74) is 0.642. The number of carbonyl (C=O) groups excluding carboxylic acids is 1. The molecule has 1 aliphatic rings. The van der Waals surface area contributed by atoms with Crippen LogP contribution in [-0.4, -0.2) is 29.7 Å². The lowest BCUT2D eigenvalue weighted by molar-refractivity contribution is 0.0953. The van der Waals surface area contributed by atoms with Gasteiger partial charge in [-0.05, 0) is 0 Å². The smallest absolute Gasteiger partial charge is 0.194 e. The van der Waals surface area contributed by atoms with Gasteiger partial charge in [-0.25, -0.2) is 0 Å². The molecule has 0 amide bonds. The number of epoxide rings is 1. The first-order valence-electron chi connectivity index (χ1n) is 4.18. The molecule has 68 valence electrons. The number of hydrogen-bond acceptors (Lipinski definition) is 3. The molecule has 0 spiro atoms. The monoisotopic (exact) mass is 178 g/mol. The number of aliphatic hydroxyl groups is 1. The summed E-state index contributed by atoms with van der Waals surface area (Å²) in [5, 5.41) is 8.70. The topological polar surface area (TPSA) is 49.8 Å². The highest BCUT2D eigenvalue weighted by atomic mass is 16.6. The summed E-state index contributed by atoms with van der Waals surface area (Å²) in [6.45, 7) is -0.0801. The first-order chi connectivity index (χ1) is 6.33. The predicted octanol–water partition coefficient (Wildman–Crippen LogP) is 0.629. The average Bonchev–Trinajstić information content (AvgIpc) is 2.97. The number of aliphatic hydroxyl groups excluding tert-OH is 1. The van der Waals surface area contributed by atoms with Crippen LogP contribution >= 0.6 is 0 Å². The van der Waals surface area contributed by atoms with Crippen molar-refractivity contribution in [2.24, 2.45) is 0 Å². The van der Waals surface area contributed by atoms with Gasteiger partial charge < -0.3 is 9.84 Å². The minimum absolute atomic E-state index is 0.0420. The van der Waals surface area contributed by atoms with Crippen molar-refractivity contribution in [1.29, 1.82) is 0 Å². The van der Waals surface area contributed by atoms with Crippen molar-refractivity contribution in [2.45, 2.75) is 12.2 Å². The highest BCUT2D eigenvalue weighted by Gasteiger charge is 2.44. The maximum Gasteiger partial charge on any atom is 0.194 e. The summed E-state index contributed by atoms with van der Waals surface area (Å²) in [6.07, 6.45) is -0.708. The molecule has 0 unspecified atom stereocenters. The molecular weight excluding hydrogens is 168 g/mol. The normalized spacial score (nSPS) is 25.6. The van der Waals surface area contributed by atoms with Crippen molar-refractivity contribution >= 4 is 5.78 Å². The first kappa shape index (κ1) is 8.41. The van der Waals surface area contributed by atoms with Gasteiger partial charge in [0, 0.05) is 5.56 Å². The van der Waals surface area contributed by atoms with E-state index in [1.165, 1.54) is 0 Å². The van der Waals surface area contributed by atoms with Crippen LogP contribution in [0.4, 0.5) is 0 Å². The van der Waals surface area contributed by atoms with Gasteiger partial charge in [-0.3, -0.25) is 4.79 Å². The van der Waals surface area contributed by atoms with E-state index in [0.717, 1.165) is 0 Å². The van der Waals surface area contributed by atoms with E-state index in [9.17, 15) is 4.79 Å². The number of ether oxygens (including phenoxy) is 1. The summed E-state index contributed by atoms with van der Waals surface area (Å²) in [4.78, 5) is 11.5. The van der Waals surface area contributed by atoms with Crippen LogP contribution < -0.4 is 0 Å². The third kappa shape index (κ3) is 1.61. The number of benzene rings is 1. The summed E-state index contributed by atoms with van der Waals surface area (Å²) in [6, 6.07) is 8.97. The molecule has 1 saturated heterocycles. The van der Waals surface area contributed by atoms with E-state index >= 15 is 0 Å². The third-order valence-corrected chi connectivity index (χ3v) is 2.08. The standard InChI is InChI=1S/C10H10O3/c11-6-8-10(13-8)9(12)7-4-2-1-3-5-7/h1-5,8,10-11H,6H2/t8-,10-/m1/s1. The van der Waals surface area contributed by atoms with E-state index in [1.54, 1.807) is 12.1 Å². The molecule has 1 N–H and O–H groups in total. The Hall–Kier alpha value is -1.19. The Labute approximate surface area is 76.0 Å². The van der Waals surface area contributed by atoms with Crippen molar-refractivity contribution in [2.75, 3.05) is 6.61 Å². The number of Topliss-reactive ketones (excluding diaryl/α,β-unsaturated/α-hetero) is 1. The van der Waals surface area contributed by atoms with Crippen molar-refractivity contribution in [1.82, 2.24) is 0 Å². The number of hydrogen-bond donors (Lipinski definition) is 1. The maximum absolute atomic E-state index is 11.5. The quantitative estimate of drug-likeness (QED) is 0.545. The molecule has 1 aromatic carbocycles. The van der Waals surface area contributed by atoms with E-state index < -0.39 is 6.10 Å². The summed E-state index contributed by atoms with van der Waals surface area (Å²) < 4.78 is 4.98. The molecule has 13 heavy (non-hydrogen) atoms. The molecule has 3 heteroatoms. The Kier molecular flexibility index (Phi) is 2.12. The lowest BCUT2D eigenvalue weighted by Gasteiger charge is -1.94. The second-order valence-corrected chi connectivity index (χ2v) is 3.01. The van der Waals surface area contributed by atoms with E-state index in [0.29, 0.717) is 5.56 Å². The van der Waals surface area contributed by atoms with Crippen molar-refractivity contribution in [3.05, 3.63) is 35.9 Å². The molecule has 0 aliphatic carbocycles. The number of rotatable bonds is 3. The van der Waals surface area contributed by atoms with Gasteiger partial charge in [0.05, 0.1) is 6.61 Å². The van der Waals surface area contributed by atoms with Crippen LogP contribution in [0.3, 0.4) is 0 Å². The fourth-order valence-corrected chi connectivity index (χ4v) is 1.28.